The van der Waals surface area contributed by atoms with Crippen LogP contribution in [0.3, 0.4) is 0 Å². The van der Waals surface area contributed by atoms with E-state index in [0.29, 0.717) is 0 Å². The van der Waals surface area contributed by atoms with Gasteiger partial charge in [-0.3, -0.25) is 19.6 Å². The molecule has 3 rings (SSSR count). The van der Waals surface area contributed by atoms with E-state index in [9.17, 15) is 19.7 Å². The van der Waals surface area contributed by atoms with Crippen LogP contribution < -0.4 is 5.32 Å². The summed E-state index contributed by atoms with van der Waals surface area (Å²) in [4.78, 5) is 34.8. The van der Waals surface area contributed by atoms with Gasteiger partial charge in [0.25, 0.3) is 11.6 Å². The van der Waals surface area contributed by atoms with Crippen molar-refractivity contribution in [2.24, 2.45) is 7.05 Å². The number of carbonyl (C=O) groups excluding carboxylic acids is 2. The number of benzene rings is 1. The minimum absolute atomic E-state index is 0.0376. The first-order valence-electron chi connectivity index (χ1n) is 8.10. The zero-order valence-corrected chi connectivity index (χ0v) is 14.4. The molecular weight excluding hydrogens is 340 g/mol. The van der Waals surface area contributed by atoms with Gasteiger partial charge in [0, 0.05) is 36.0 Å². The zero-order valence-electron chi connectivity index (χ0n) is 14.4. The molecule has 0 spiro atoms. The van der Waals surface area contributed by atoms with E-state index in [-0.39, 0.29) is 22.9 Å². The number of hydrogen-bond acceptors (Lipinski definition) is 6. The second kappa shape index (κ2) is 6.95. The fraction of sp³-hybridized carbons (Fsp3) is 0.353. The van der Waals surface area contributed by atoms with Gasteiger partial charge in [-0.25, -0.2) is 4.79 Å². The van der Waals surface area contributed by atoms with E-state index in [4.69, 9.17) is 0 Å². The number of nitro groups is 1. The summed E-state index contributed by atoms with van der Waals surface area (Å²) in [6, 6.07) is 3.30. The number of rotatable bonds is 4. The van der Waals surface area contributed by atoms with Crippen LogP contribution in [0.4, 0.5) is 5.69 Å². The highest BCUT2D eigenvalue weighted by molar-refractivity contribution is 5.99. The summed E-state index contributed by atoms with van der Waals surface area (Å²) < 4.78 is 6.39. The number of nitrogens with zero attached hydrogens (tertiary/aromatic N) is 3. The molecule has 1 unspecified atom stereocenters. The molecule has 9 heteroatoms. The SMILES string of the molecule is COC(=O)c1cc(C(=O)NC2CCCc3c2cnn3C)cc([N+](=O)[O-])c1. The van der Waals surface area contributed by atoms with E-state index in [0.717, 1.165) is 42.7 Å². The lowest BCUT2D eigenvalue weighted by Gasteiger charge is -2.23. The van der Waals surface area contributed by atoms with Gasteiger partial charge in [-0.2, -0.15) is 5.10 Å². The van der Waals surface area contributed by atoms with Crippen molar-refractivity contribution in [1.29, 1.82) is 0 Å². The van der Waals surface area contributed by atoms with Crippen molar-refractivity contribution in [3.05, 3.63) is 56.9 Å². The van der Waals surface area contributed by atoms with Crippen LogP contribution in [0.25, 0.3) is 0 Å². The molecule has 26 heavy (non-hydrogen) atoms. The highest BCUT2D eigenvalue weighted by Gasteiger charge is 2.26. The smallest absolute Gasteiger partial charge is 0.338 e. The highest BCUT2D eigenvalue weighted by atomic mass is 16.6. The summed E-state index contributed by atoms with van der Waals surface area (Å²) in [6.45, 7) is 0. The third-order valence-electron chi connectivity index (χ3n) is 4.49. The zero-order chi connectivity index (χ0) is 18.8. The van der Waals surface area contributed by atoms with Gasteiger partial charge in [-0.15, -0.1) is 0 Å². The number of nitro benzene ring substituents is 1. The molecule has 136 valence electrons. The topological polar surface area (TPSA) is 116 Å². The largest absolute Gasteiger partial charge is 0.465 e. The van der Waals surface area contributed by atoms with Gasteiger partial charge in [-0.1, -0.05) is 0 Å². The number of amides is 1. The Bertz CT molecular complexity index is 889. The lowest BCUT2D eigenvalue weighted by Crippen LogP contribution is -2.31. The van der Waals surface area contributed by atoms with Crippen molar-refractivity contribution in [3.63, 3.8) is 0 Å². The third-order valence-corrected chi connectivity index (χ3v) is 4.49. The van der Waals surface area contributed by atoms with Gasteiger partial charge in [0.15, 0.2) is 0 Å². The first kappa shape index (κ1) is 17.6. The number of hydrogen-bond donors (Lipinski definition) is 1. The van der Waals surface area contributed by atoms with Crippen LogP contribution in [0.1, 0.15) is 50.9 Å². The fourth-order valence-electron chi connectivity index (χ4n) is 3.18. The van der Waals surface area contributed by atoms with E-state index in [1.165, 1.54) is 13.2 Å². The summed E-state index contributed by atoms with van der Waals surface area (Å²) in [5, 5.41) is 18.2. The Balaban J connectivity index is 1.89. The predicted octanol–water partition coefficient (Wildman–Crippen LogP) is 1.92. The summed E-state index contributed by atoms with van der Waals surface area (Å²) in [5.74, 6) is -1.23. The van der Waals surface area contributed by atoms with Crippen LogP contribution in [0.15, 0.2) is 24.4 Å². The number of esters is 1. The number of methoxy groups -OCH3 is 1. The minimum atomic E-state index is -0.741. The van der Waals surface area contributed by atoms with Crippen molar-refractivity contribution in [2.45, 2.75) is 25.3 Å². The number of ether oxygens (including phenoxy) is 1. The van der Waals surface area contributed by atoms with Crippen molar-refractivity contribution in [2.75, 3.05) is 7.11 Å². The number of carbonyl (C=O) groups is 2. The molecular formula is C17H18N4O5. The van der Waals surface area contributed by atoms with Crippen LogP contribution in [0, 0.1) is 10.1 Å². The molecule has 0 bridgehead atoms. The Morgan fingerprint density at radius 2 is 2.08 bits per heavy atom. The molecule has 1 heterocycles. The molecule has 1 aliphatic rings. The fourth-order valence-corrected chi connectivity index (χ4v) is 3.18. The van der Waals surface area contributed by atoms with Gasteiger partial charge < -0.3 is 10.1 Å². The van der Waals surface area contributed by atoms with Crippen LogP contribution in [0.5, 0.6) is 0 Å². The Morgan fingerprint density at radius 1 is 1.35 bits per heavy atom. The van der Waals surface area contributed by atoms with Gasteiger partial charge in [-0.05, 0) is 25.3 Å². The number of aryl methyl sites for hydroxylation is 1. The summed E-state index contributed by atoms with van der Waals surface area (Å²) >= 11 is 0. The Morgan fingerprint density at radius 3 is 2.77 bits per heavy atom. The standard InChI is InChI=1S/C17H18N4O5/c1-20-15-5-3-4-14(13(15)9-18-20)19-16(22)10-6-11(17(23)26-2)8-12(7-10)21(24)25/h6-9,14H,3-5H2,1-2H3,(H,19,22). The molecule has 0 saturated heterocycles. The second-order valence-electron chi connectivity index (χ2n) is 6.11. The molecule has 9 nitrogen and oxygen atoms in total. The quantitative estimate of drug-likeness (QED) is 0.507. The van der Waals surface area contributed by atoms with Crippen molar-refractivity contribution < 1.29 is 19.2 Å². The number of fused-ring (bicyclic) bond motifs is 1. The molecule has 1 amide bonds. The Hall–Kier alpha value is -3.23. The molecule has 1 atom stereocenters. The average Bonchev–Trinajstić information content (AvgIpc) is 3.02. The van der Waals surface area contributed by atoms with Gasteiger partial charge >= 0.3 is 5.97 Å². The van der Waals surface area contributed by atoms with Crippen LogP contribution >= 0.6 is 0 Å². The maximum Gasteiger partial charge on any atom is 0.338 e. The maximum atomic E-state index is 12.7. The van der Waals surface area contributed by atoms with E-state index in [1.807, 2.05) is 7.05 Å². The molecule has 0 fully saturated rings. The van der Waals surface area contributed by atoms with Crippen molar-refractivity contribution in [1.82, 2.24) is 15.1 Å². The van der Waals surface area contributed by atoms with Crippen LogP contribution in [0.2, 0.25) is 0 Å². The molecule has 1 aromatic carbocycles. The van der Waals surface area contributed by atoms with Crippen molar-refractivity contribution in [3.8, 4) is 0 Å². The van der Waals surface area contributed by atoms with E-state index in [1.54, 1.807) is 10.9 Å². The van der Waals surface area contributed by atoms with Crippen molar-refractivity contribution >= 4 is 17.6 Å². The first-order chi connectivity index (χ1) is 12.4. The predicted molar refractivity (Wildman–Crippen MR) is 90.8 cm³/mol. The number of nitrogens with one attached hydrogen (secondary N) is 1. The van der Waals surface area contributed by atoms with Gasteiger partial charge in [0.05, 0.1) is 29.8 Å². The Labute approximate surface area is 149 Å². The van der Waals surface area contributed by atoms with Crippen LogP contribution in [-0.2, 0) is 18.2 Å². The minimum Gasteiger partial charge on any atom is -0.465 e. The Kier molecular flexibility index (Phi) is 4.70. The van der Waals surface area contributed by atoms with Gasteiger partial charge in [0.2, 0.25) is 0 Å². The molecule has 0 saturated carbocycles. The van der Waals surface area contributed by atoms with Crippen LogP contribution in [-0.4, -0.2) is 33.7 Å². The number of aromatic nitrogens is 2. The van der Waals surface area contributed by atoms with E-state index < -0.39 is 16.8 Å². The second-order valence-corrected chi connectivity index (χ2v) is 6.11. The number of non-ortho nitro benzene ring substituents is 1. The summed E-state index contributed by atoms with van der Waals surface area (Å²) in [5.41, 5.74) is 1.67. The van der Waals surface area contributed by atoms with Gasteiger partial charge in [0.1, 0.15) is 0 Å². The first-order valence-corrected chi connectivity index (χ1v) is 8.10. The molecule has 0 radical (unpaired) electrons. The summed E-state index contributed by atoms with van der Waals surface area (Å²) in [6.07, 6.45) is 4.28. The molecule has 1 N–H and O–H groups in total. The molecule has 2 aromatic rings. The monoisotopic (exact) mass is 358 g/mol. The molecule has 1 aromatic heterocycles. The lowest BCUT2D eigenvalue weighted by molar-refractivity contribution is -0.384. The van der Waals surface area contributed by atoms with E-state index >= 15 is 0 Å². The average molecular weight is 358 g/mol. The normalized spacial score (nSPS) is 15.8. The lowest BCUT2D eigenvalue weighted by atomic mass is 9.92. The third kappa shape index (κ3) is 3.28. The highest BCUT2D eigenvalue weighted by Crippen LogP contribution is 2.29. The molecule has 0 aliphatic heterocycles. The maximum absolute atomic E-state index is 12.7. The summed E-state index contributed by atoms with van der Waals surface area (Å²) in [7, 11) is 3.03. The van der Waals surface area contributed by atoms with E-state index in [2.05, 4.69) is 15.2 Å². The molecule has 1 aliphatic carbocycles.